The molecule has 1 fully saturated rings. The summed E-state index contributed by atoms with van der Waals surface area (Å²) >= 11 is 6.19. The summed E-state index contributed by atoms with van der Waals surface area (Å²) < 4.78 is 7.25. The van der Waals surface area contributed by atoms with Gasteiger partial charge in [-0.2, -0.15) is 4.98 Å². The number of nitrogens with zero attached hydrogens (tertiary/aromatic N) is 5. The molecule has 0 atom stereocenters. The van der Waals surface area contributed by atoms with Gasteiger partial charge in [0.05, 0.1) is 12.8 Å². The highest BCUT2D eigenvalue weighted by Gasteiger charge is 2.31. The van der Waals surface area contributed by atoms with Crippen LogP contribution in [-0.2, 0) is 0 Å². The molecule has 0 bridgehead atoms. The number of imidazole rings is 1. The number of rotatable bonds is 3. The summed E-state index contributed by atoms with van der Waals surface area (Å²) in [6, 6.07) is 11.3. The average Bonchev–Trinajstić information content (AvgIpc) is 3.41. The molecule has 1 saturated carbocycles. The van der Waals surface area contributed by atoms with Crippen LogP contribution < -0.4 is 4.74 Å². The van der Waals surface area contributed by atoms with E-state index in [1.165, 1.54) is 0 Å². The molecule has 4 aromatic rings. The van der Waals surface area contributed by atoms with Gasteiger partial charge in [-0.15, -0.1) is 10.2 Å². The monoisotopic (exact) mass is 351 g/mol. The van der Waals surface area contributed by atoms with Crippen molar-refractivity contribution in [1.29, 1.82) is 0 Å². The van der Waals surface area contributed by atoms with E-state index in [4.69, 9.17) is 21.3 Å². The summed E-state index contributed by atoms with van der Waals surface area (Å²) in [4.78, 5) is 9.48. The Hall–Kier alpha value is -2.73. The lowest BCUT2D eigenvalue weighted by Gasteiger charge is -2.06. The SMILES string of the molecule is COc1ccc2nnc3c(C4CC4)nc(-c4cccc(Cl)c4)n3c2n1. The normalized spacial score (nSPS) is 14.3. The van der Waals surface area contributed by atoms with Gasteiger partial charge >= 0.3 is 0 Å². The standard InChI is InChI=1S/C18H14ClN5O/c1-25-14-8-7-13-17(20-14)24-16(11-3-2-4-12(19)9-11)21-15(10-5-6-10)18(24)23-22-13/h2-4,7-10H,5-6H2,1H3. The number of halogens is 1. The number of fused-ring (bicyclic) bond motifs is 3. The first-order chi connectivity index (χ1) is 12.2. The van der Waals surface area contributed by atoms with Gasteiger partial charge in [0.15, 0.2) is 11.3 Å². The minimum absolute atomic E-state index is 0.445. The highest BCUT2D eigenvalue weighted by molar-refractivity contribution is 6.30. The maximum absolute atomic E-state index is 6.19. The second kappa shape index (κ2) is 5.39. The van der Waals surface area contributed by atoms with Crippen LogP contribution in [0.1, 0.15) is 24.5 Å². The second-order valence-electron chi connectivity index (χ2n) is 6.16. The molecule has 0 radical (unpaired) electrons. The van der Waals surface area contributed by atoms with Gasteiger partial charge in [0.2, 0.25) is 5.88 Å². The Morgan fingerprint density at radius 2 is 1.96 bits per heavy atom. The van der Waals surface area contributed by atoms with E-state index in [1.54, 1.807) is 13.2 Å². The molecule has 0 spiro atoms. The van der Waals surface area contributed by atoms with Crippen molar-refractivity contribution in [2.45, 2.75) is 18.8 Å². The Kier molecular flexibility index (Phi) is 3.15. The van der Waals surface area contributed by atoms with E-state index in [2.05, 4.69) is 15.2 Å². The van der Waals surface area contributed by atoms with Crippen LogP contribution in [0.5, 0.6) is 5.88 Å². The quantitative estimate of drug-likeness (QED) is 0.560. The lowest BCUT2D eigenvalue weighted by molar-refractivity contribution is 0.399. The topological polar surface area (TPSA) is 65.2 Å². The predicted molar refractivity (Wildman–Crippen MR) is 95.1 cm³/mol. The van der Waals surface area contributed by atoms with Crippen molar-refractivity contribution in [1.82, 2.24) is 24.6 Å². The van der Waals surface area contributed by atoms with Crippen LogP contribution in [0.3, 0.4) is 0 Å². The minimum Gasteiger partial charge on any atom is -0.481 e. The Morgan fingerprint density at radius 3 is 2.72 bits per heavy atom. The van der Waals surface area contributed by atoms with Gasteiger partial charge in [-0.1, -0.05) is 23.7 Å². The van der Waals surface area contributed by atoms with Crippen molar-refractivity contribution < 1.29 is 4.74 Å². The van der Waals surface area contributed by atoms with Crippen LogP contribution in [0.25, 0.3) is 28.2 Å². The molecule has 1 aliphatic rings. The van der Waals surface area contributed by atoms with Crippen LogP contribution in [0.15, 0.2) is 36.4 Å². The third kappa shape index (κ3) is 2.33. The summed E-state index contributed by atoms with van der Waals surface area (Å²) in [5.74, 6) is 1.75. The first-order valence-electron chi connectivity index (χ1n) is 8.10. The van der Waals surface area contributed by atoms with Gasteiger partial charge in [-0.05, 0) is 31.0 Å². The highest BCUT2D eigenvalue weighted by Crippen LogP contribution is 2.42. The van der Waals surface area contributed by atoms with Crippen LogP contribution in [0, 0.1) is 0 Å². The van der Waals surface area contributed by atoms with Gasteiger partial charge in [0.25, 0.3) is 0 Å². The molecular formula is C18H14ClN5O. The molecule has 0 saturated heterocycles. The maximum atomic E-state index is 6.19. The van der Waals surface area contributed by atoms with Crippen LogP contribution in [0.4, 0.5) is 0 Å². The van der Waals surface area contributed by atoms with Gasteiger partial charge in [-0.25, -0.2) is 4.98 Å². The molecule has 0 aliphatic heterocycles. The smallest absolute Gasteiger partial charge is 0.215 e. The summed E-state index contributed by atoms with van der Waals surface area (Å²) in [6.07, 6.45) is 2.26. The third-order valence-electron chi connectivity index (χ3n) is 4.43. The first kappa shape index (κ1) is 14.6. The molecule has 5 rings (SSSR count). The number of hydrogen-bond acceptors (Lipinski definition) is 5. The zero-order valence-electron chi connectivity index (χ0n) is 13.5. The number of benzene rings is 1. The summed E-state index contributed by atoms with van der Waals surface area (Å²) in [5.41, 5.74) is 4.03. The molecule has 0 amide bonds. The molecule has 1 aromatic carbocycles. The van der Waals surface area contributed by atoms with E-state index in [0.29, 0.717) is 28.0 Å². The molecule has 7 heteroatoms. The first-order valence-corrected chi connectivity index (χ1v) is 8.48. The molecule has 3 aromatic heterocycles. The number of ether oxygens (including phenoxy) is 1. The molecule has 6 nitrogen and oxygen atoms in total. The van der Waals surface area contributed by atoms with E-state index >= 15 is 0 Å². The van der Waals surface area contributed by atoms with Crippen LogP contribution in [0.2, 0.25) is 5.02 Å². The van der Waals surface area contributed by atoms with Crippen molar-refractivity contribution in [3.05, 3.63) is 47.1 Å². The average molecular weight is 352 g/mol. The van der Waals surface area contributed by atoms with E-state index < -0.39 is 0 Å². The van der Waals surface area contributed by atoms with Crippen molar-refractivity contribution >= 4 is 28.4 Å². The summed E-state index contributed by atoms with van der Waals surface area (Å²) in [7, 11) is 1.60. The van der Waals surface area contributed by atoms with Crippen LogP contribution >= 0.6 is 11.6 Å². The second-order valence-corrected chi connectivity index (χ2v) is 6.60. The fourth-order valence-electron chi connectivity index (χ4n) is 3.06. The molecule has 3 heterocycles. The zero-order chi connectivity index (χ0) is 17.0. The largest absolute Gasteiger partial charge is 0.481 e. The molecule has 0 unspecified atom stereocenters. The maximum Gasteiger partial charge on any atom is 0.215 e. The molecule has 25 heavy (non-hydrogen) atoms. The van der Waals surface area contributed by atoms with Crippen molar-refractivity contribution in [3.63, 3.8) is 0 Å². The Labute approximate surface area is 148 Å². The lowest BCUT2D eigenvalue weighted by atomic mass is 10.2. The van der Waals surface area contributed by atoms with Gasteiger partial charge in [0.1, 0.15) is 11.3 Å². The molecular weight excluding hydrogens is 338 g/mol. The van der Waals surface area contributed by atoms with E-state index in [9.17, 15) is 0 Å². The fourth-order valence-corrected chi connectivity index (χ4v) is 3.25. The van der Waals surface area contributed by atoms with E-state index in [-0.39, 0.29) is 0 Å². The van der Waals surface area contributed by atoms with Crippen molar-refractivity contribution in [2.24, 2.45) is 0 Å². The molecule has 124 valence electrons. The van der Waals surface area contributed by atoms with E-state index in [1.807, 2.05) is 34.7 Å². The molecule has 0 N–H and O–H groups in total. The number of methoxy groups -OCH3 is 1. The van der Waals surface area contributed by atoms with Crippen molar-refractivity contribution in [3.8, 4) is 17.3 Å². The number of pyridine rings is 1. The lowest BCUT2D eigenvalue weighted by Crippen LogP contribution is -2.00. The zero-order valence-corrected chi connectivity index (χ0v) is 14.2. The highest BCUT2D eigenvalue weighted by atomic mass is 35.5. The third-order valence-corrected chi connectivity index (χ3v) is 4.66. The predicted octanol–water partition coefficient (Wildman–Crippen LogP) is 3.88. The van der Waals surface area contributed by atoms with Gasteiger partial charge < -0.3 is 4.74 Å². The van der Waals surface area contributed by atoms with Crippen molar-refractivity contribution in [2.75, 3.05) is 7.11 Å². The Morgan fingerprint density at radius 1 is 1.08 bits per heavy atom. The van der Waals surface area contributed by atoms with Crippen LogP contribution in [-0.4, -0.2) is 31.7 Å². The Bertz CT molecular complexity index is 1120. The summed E-state index contributed by atoms with van der Waals surface area (Å²) in [5, 5.41) is 9.42. The number of aromatic nitrogens is 5. The van der Waals surface area contributed by atoms with Gasteiger partial charge in [-0.3, -0.25) is 4.40 Å². The fraction of sp³-hybridized carbons (Fsp3) is 0.222. The molecule has 1 aliphatic carbocycles. The Balaban J connectivity index is 1.90. The van der Waals surface area contributed by atoms with Gasteiger partial charge in [0, 0.05) is 22.6 Å². The summed E-state index contributed by atoms with van der Waals surface area (Å²) in [6.45, 7) is 0. The number of hydrogen-bond donors (Lipinski definition) is 0. The minimum atomic E-state index is 0.445. The van der Waals surface area contributed by atoms with E-state index in [0.717, 1.165) is 35.6 Å².